The monoisotopic (exact) mass is 529 g/mol. The minimum absolute atomic E-state index is 0.0147. The van der Waals surface area contributed by atoms with Gasteiger partial charge < -0.3 is 20.0 Å². The summed E-state index contributed by atoms with van der Waals surface area (Å²) in [5.74, 6) is 1.76. The van der Waals surface area contributed by atoms with Crippen molar-refractivity contribution >= 4 is 35.6 Å². The van der Waals surface area contributed by atoms with E-state index in [9.17, 15) is 9.59 Å². The molecular formula is C30H32FN5O3. The summed E-state index contributed by atoms with van der Waals surface area (Å²) in [4.78, 5) is 28.6. The molecule has 3 rings (SSSR count). The molecule has 8 nitrogen and oxygen atoms in total. The quantitative estimate of drug-likeness (QED) is 0.161. The van der Waals surface area contributed by atoms with Gasteiger partial charge in [0, 0.05) is 24.8 Å². The maximum Gasteiger partial charge on any atom is 0.257 e. The average molecular weight is 530 g/mol. The Morgan fingerprint density at radius 3 is 2.38 bits per heavy atom. The number of terminal acetylenes is 1. The molecule has 0 bridgehead atoms. The predicted octanol–water partition coefficient (Wildman–Crippen LogP) is 4.58. The summed E-state index contributed by atoms with van der Waals surface area (Å²) in [6.07, 6.45) is 8.36. The normalized spacial score (nSPS) is 10.8. The van der Waals surface area contributed by atoms with Crippen molar-refractivity contribution in [3.8, 4) is 18.1 Å². The average Bonchev–Trinajstić information content (AvgIpc) is 2.93. The highest BCUT2D eigenvalue weighted by Crippen LogP contribution is 2.32. The third kappa shape index (κ3) is 7.90. The standard InChI is InChI=1S/C30H32FN5O3/c1-6-22-8-11-24(12-9-22)33-30(38)26-19-25(39-5)13-15-28(26)36(21-37)29-14-10-23(18-27(29)31)20-32-35(4)17-7-16-34(2)3/h1,8-15,18-21H,7,16-17H2,2-5H3,(H,33,38). The zero-order valence-electron chi connectivity index (χ0n) is 22.5. The van der Waals surface area contributed by atoms with Crippen LogP contribution in [0.2, 0.25) is 0 Å². The van der Waals surface area contributed by atoms with Crippen LogP contribution in [0.1, 0.15) is 27.9 Å². The van der Waals surface area contributed by atoms with Gasteiger partial charge in [0.15, 0.2) is 0 Å². The molecule has 0 unspecified atom stereocenters. The van der Waals surface area contributed by atoms with E-state index in [1.54, 1.807) is 47.6 Å². The van der Waals surface area contributed by atoms with Gasteiger partial charge in [-0.3, -0.25) is 14.5 Å². The van der Waals surface area contributed by atoms with Crippen LogP contribution in [0.3, 0.4) is 0 Å². The van der Waals surface area contributed by atoms with E-state index >= 15 is 4.39 Å². The molecule has 1 N–H and O–H groups in total. The molecule has 0 radical (unpaired) electrons. The second kappa shape index (κ2) is 13.7. The number of methoxy groups -OCH3 is 1. The van der Waals surface area contributed by atoms with Crippen molar-refractivity contribution in [2.45, 2.75) is 6.42 Å². The third-order valence-corrected chi connectivity index (χ3v) is 5.84. The van der Waals surface area contributed by atoms with Gasteiger partial charge in [0.05, 0.1) is 30.3 Å². The largest absolute Gasteiger partial charge is 0.497 e. The molecule has 0 aliphatic rings. The van der Waals surface area contributed by atoms with E-state index in [4.69, 9.17) is 11.2 Å². The van der Waals surface area contributed by atoms with Gasteiger partial charge in [0.2, 0.25) is 6.41 Å². The van der Waals surface area contributed by atoms with Gasteiger partial charge in [0.25, 0.3) is 5.91 Å². The Hall–Kier alpha value is -4.68. The summed E-state index contributed by atoms with van der Waals surface area (Å²) >= 11 is 0. The number of nitrogens with zero attached hydrogens (tertiary/aromatic N) is 4. The third-order valence-electron chi connectivity index (χ3n) is 5.84. The summed E-state index contributed by atoms with van der Waals surface area (Å²) in [6.45, 7) is 1.69. The molecule has 3 aromatic rings. The molecule has 9 heteroatoms. The Labute approximate surface area is 228 Å². The molecule has 3 aromatic carbocycles. The van der Waals surface area contributed by atoms with E-state index < -0.39 is 11.7 Å². The summed E-state index contributed by atoms with van der Waals surface area (Å²) < 4.78 is 20.5. The van der Waals surface area contributed by atoms with E-state index in [1.807, 2.05) is 21.1 Å². The molecule has 0 saturated heterocycles. The van der Waals surface area contributed by atoms with E-state index in [-0.39, 0.29) is 16.9 Å². The van der Waals surface area contributed by atoms with Crippen LogP contribution in [0, 0.1) is 18.2 Å². The first-order valence-corrected chi connectivity index (χ1v) is 12.3. The van der Waals surface area contributed by atoms with Gasteiger partial charge in [-0.15, -0.1) is 6.42 Å². The van der Waals surface area contributed by atoms with Crippen LogP contribution in [0.4, 0.5) is 21.5 Å². The van der Waals surface area contributed by atoms with Crippen LogP contribution in [-0.4, -0.2) is 69.8 Å². The zero-order chi connectivity index (χ0) is 28.4. The lowest BCUT2D eigenvalue weighted by atomic mass is 10.1. The molecule has 0 atom stereocenters. The lowest BCUT2D eigenvalue weighted by Crippen LogP contribution is -2.21. The van der Waals surface area contributed by atoms with Crippen molar-refractivity contribution in [1.82, 2.24) is 9.91 Å². The Kier molecular flexibility index (Phi) is 10.2. The van der Waals surface area contributed by atoms with Crippen molar-refractivity contribution in [2.24, 2.45) is 5.10 Å². The van der Waals surface area contributed by atoms with Crippen LogP contribution in [0.15, 0.2) is 65.8 Å². The van der Waals surface area contributed by atoms with Gasteiger partial charge >= 0.3 is 0 Å². The molecule has 0 saturated carbocycles. The molecule has 0 aliphatic carbocycles. The minimum Gasteiger partial charge on any atom is -0.497 e. The Balaban J connectivity index is 1.86. The summed E-state index contributed by atoms with van der Waals surface area (Å²) in [5, 5.41) is 8.92. The minimum atomic E-state index is -0.645. The molecule has 0 fully saturated rings. The van der Waals surface area contributed by atoms with Crippen LogP contribution in [0.25, 0.3) is 0 Å². The summed E-state index contributed by atoms with van der Waals surface area (Å²) in [7, 11) is 7.34. The highest BCUT2D eigenvalue weighted by Gasteiger charge is 2.21. The van der Waals surface area contributed by atoms with E-state index in [0.717, 1.165) is 24.4 Å². The topological polar surface area (TPSA) is 77.5 Å². The first kappa shape index (κ1) is 28.9. The van der Waals surface area contributed by atoms with Crippen LogP contribution in [0.5, 0.6) is 5.75 Å². The maximum absolute atomic E-state index is 15.3. The SMILES string of the molecule is C#Cc1ccc(NC(=O)c2cc(OC)ccc2N(C=O)c2ccc(C=NN(C)CCCN(C)C)cc2F)cc1. The number of rotatable bonds is 12. The van der Waals surface area contributed by atoms with Crippen molar-refractivity contribution in [2.75, 3.05) is 51.6 Å². The summed E-state index contributed by atoms with van der Waals surface area (Å²) in [6, 6.07) is 15.8. The van der Waals surface area contributed by atoms with E-state index in [0.29, 0.717) is 29.0 Å². The van der Waals surface area contributed by atoms with Gasteiger partial charge in [-0.2, -0.15) is 5.10 Å². The second-order valence-corrected chi connectivity index (χ2v) is 9.03. The smallest absolute Gasteiger partial charge is 0.257 e. The Morgan fingerprint density at radius 2 is 1.77 bits per heavy atom. The second-order valence-electron chi connectivity index (χ2n) is 9.03. The van der Waals surface area contributed by atoms with Crippen LogP contribution in [-0.2, 0) is 4.79 Å². The fourth-order valence-corrected chi connectivity index (χ4v) is 3.76. The van der Waals surface area contributed by atoms with Gasteiger partial charge in [-0.1, -0.05) is 12.0 Å². The molecule has 0 spiro atoms. The number of carbonyl (C=O) groups is 2. The highest BCUT2D eigenvalue weighted by molar-refractivity contribution is 6.10. The van der Waals surface area contributed by atoms with Crippen LogP contribution < -0.4 is 15.0 Å². The number of carbonyl (C=O) groups excluding carboxylic acids is 2. The number of benzene rings is 3. The summed E-state index contributed by atoms with van der Waals surface area (Å²) in [5.41, 5.74) is 1.99. The van der Waals surface area contributed by atoms with Gasteiger partial charge in [-0.05, 0) is 87.2 Å². The van der Waals surface area contributed by atoms with Gasteiger partial charge in [-0.25, -0.2) is 4.39 Å². The Bertz CT molecular complexity index is 1370. The van der Waals surface area contributed by atoms with Crippen molar-refractivity contribution in [3.05, 3.63) is 83.2 Å². The first-order chi connectivity index (χ1) is 18.7. The molecule has 202 valence electrons. The van der Waals surface area contributed by atoms with Crippen LogP contribution >= 0.6 is 0 Å². The molecule has 2 amide bonds. The van der Waals surface area contributed by atoms with Gasteiger partial charge in [0.1, 0.15) is 11.6 Å². The number of hydrogen-bond donors (Lipinski definition) is 1. The highest BCUT2D eigenvalue weighted by atomic mass is 19.1. The number of ether oxygens (including phenoxy) is 1. The van der Waals surface area contributed by atoms with Crippen molar-refractivity contribution < 1.29 is 18.7 Å². The number of amides is 2. The Morgan fingerprint density at radius 1 is 1.05 bits per heavy atom. The molecule has 0 aliphatic heterocycles. The molecule has 0 aromatic heterocycles. The van der Waals surface area contributed by atoms with E-state index in [1.165, 1.54) is 31.4 Å². The van der Waals surface area contributed by atoms with E-state index in [2.05, 4.69) is 21.2 Å². The lowest BCUT2D eigenvalue weighted by molar-refractivity contribution is -0.106. The maximum atomic E-state index is 15.3. The molecule has 39 heavy (non-hydrogen) atoms. The predicted molar refractivity (Wildman–Crippen MR) is 153 cm³/mol. The zero-order valence-corrected chi connectivity index (χ0v) is 22.5. The number of anilines is 3. The lowest BCUT2D eigenvalue weighted by Gasteiger charge is -2.22. The number of nitrogens with one attached hydrogen (secondary N) is 1. The first-order valence-electron chi connectivity index (χ1n) is 12.3. The van der Waals surface area contributed by atoms with Crippen molar-refractivity contribution in [1.29, 1.82) is 0 Å². The molecular weight excluding hydrogens is 497 g/mol. The molecule has 0 heterocycles. The fraction of sp³-hybridized carbons (Fsp3) is 0.233. The van der Waals surface area contributed by atoms with Crippen molar-refractivity contribution in [3.63, 3.8) is 0 Å². The number of halogens is 1. The number of hydrogen-bond acceptors (Lipinski definition) is 6. The fourth-order valence-electron chi connectivity index (χ4n) is 3.76. The number of hydrazone groups is 1.